The Balaban J connectivity index is 1.75. The van der Waals surface area contributed by atoms with Crippen LogP contribution in [0.15, 0.2) is 33.0 Å². The van der Waals surface area contributed by atoms with E-state index < -0.39 is 21.2 Å². The smallest absolute Gasteiger partial charge is 0.273 e. The average Bonchev–Trinajstić information content (AvgIpc) is 2.72. The number of nitrogens with one attached hydrogen (secondary N) is 2. The Morgan fingerprint density at radius 3 is 2.63 bits per heavy atom. The lowest BCUT2D eigenvalue weighted by Gasteiger charge is -2.26. The number of carbonyl (C=O) groups excluding carboxylic acids is 1. The van der Waals surface area contributed by atoms with Crippen molar-refractivity contribution >= 4 is 45.0 Å². The number of benzene rings is 1. The highest BCUT2D eigenvalue weighted by molar-refractivity contribution is 8.00. The fourth-order valence-electron chi connectivity index (χ4n) is 2.90. The summed E-state index contributed by atoms with van der Waals surface area (Å²) in [5.41, 5.74) is 0.0597. The third kappa shape index (κ3) is 5.20. The molecule has 1 aliphatic heterocycles. The minimum Gasteiger partial charge on any atom is -0.324 e. The van der Waals surface area contributed by atoms with Crippen LogP contribution in [0.25, 0.3) is 0 Å². The zero-order chi connectivity index (χ0) is 21.9. The van der Waals surface area contributed by atoms with E-state index in [1.165, 1.54) is 29.4 Å². The molecular weight excluding hydrogens is 450 g/mol. The first-order valence-electron chi connectivity index (χ1n) is 9.39. The fourth-order valence-corrected chi connectivity index (χ4v) is 5.35. The van der Waals surface area contributed by atoms with Gasteiger partial charge in [0.05, 0.1) is 20.9 Å². The van der Waals surface area contributed by atoms with Crippen molar-refractivity contribution < 1.29 is 13.2 Å². The molecule has 1 aliphatic rings. The van der Waals surface area contributed by atoms with Crippen LogP contribution < -0.4 is 10.9 Å². The molecule has 0 radical (unpaired) electrons. The summed E-state index contributed by atoms with van der Waals surface area (Å²) in [6.07, 6.45) is 2.67. The molecule has 1 fully saturated rings. The molecule has 1 saturated heterocycles. The number of hydrogen-bond acceptors (Lipinski definition) is 7. The van der Waals surface area contributed by atoms with E-state index in [0.29, 0.717) is 13.1 Å². The van der Waals surface area contributed by atoms with Crippen LogP contribution in [0, 0.1) is 6.92 Å². The third-order valence-electron chi connectivity index (χ3n) is 4.65. The van der Waals surface area contributed by atoms with Crippen molar-refractivity contribution in [1.82, 2.24) is 19.5 Å². The van der Waals surface area contributed by atoms with Gasteiger partial charge in [0.2, 0.25) is 15.9 Å². The summed E-state index contributed by atoms with van der Waals surface area (Å²) < 4.78 is 27.2. The molecule has 0 spiro atoms. The molecule has 0 unspecified atom stereocenters. The number of aryl methyl sites for hydroxylation is 1. The molecular formula is C18H22ClN5O4S2. The SMILES string of the molecule is Cc1nnc(S[C@@H](C)C(=O)Nc2cc(S(=O)(=O)N3CCCCC3)ccc2Cl)[nH]c1=O. The van der Waals surface area contributed by atoms with Gasteiger partial charge in [-0.25, -0.2) is 8.42 Å². The van der Waals surface area contributed by atoms with Gasteiger partial charge in [-0.1, -0.05) is 29.8 Å². The van der Waals surface area contributed by atoms with Crippen LogP contribution in [0.5, 0.6) is 0 Å². The van der Waals surface area contributed by atoms with Crippen LogP contribution in [-0.2, 0) is 14.8 Å². The highest BCUT2D eigenvalue weighted by atomic mass is 35.5. The monoisotopic (exact) mass is 471 g/mol. The number of H-pyrrole nitrogens is 1. The molecule has 3 rings (SSSR count). The summed E-state index contributed by atoms with van der Waals surface area (Å²) in [5.74, 6) is -0.419. The van der Waals surface area contributed by atoms with Crippen LogP contribution in [0.4, 0.5) is 5.69 Å². The first-order valence-corrected chi connectivity index (χ1v) is 12.1. The number of thioether (sulfide) groups is 1. The molecule has 12 heteroatoms. The van der Waals surface area contributed by atoms with Gasteiger partial charge in [0, 0.05) is 13.1 Å². The van der Waals surface area contributed by atoms with Crippen LogP contribution >= 0.6 is 23.4 Å². The molecule has 0 saturated carbocycles. The minimum absolute atomic E-state index is 0.0816. The van der Waals surface area contributed by atoms with Gasteiger partial charge >= 0.3 is 0 Å². The molecule has 2 heterocycles. The first-order chi connectivity index (χ1) is 14.2. The molecule has 1 aromatic heterocycles. The van der Waals surface area contributed by atoms with Gasteiger partial charge in [-0.2, -0.15) is 4.31 Å². The lowest BCUT2D eigenvalue weighted by Crippen LogP contribution is -2.35. The summed E-state index contributed by atoms with van der Waals surface area (Å²) in [7, 11) is -3.65. The number of rotatable bonds is 6. The van der Waals surface area contributed by atoms with Crippen molar-refractivity contribution in [3.05, 3.63) is 39.3 Å². The van der Waals surface area contributed by atoms with Gasteiger partial charge in [0.1, 0.15) is 5.69 Å². The van der Waals surface area contributed by atoms with E-state index >= 15 is 0 Å². The van der Waals surface area contributed by atoms with Gasteiger partial charge in [0.25, 0.3) is 5.56 Å². The van der Waals surface area contributed by atoms with E-state index in [1.54, 1.807) is 6.92 Å². The van der Waals surface area contributed by atoms with Crippen LogP contribution in [0.2, 0.25) is 5.02 Å². The maximum absolute atomic E-state index is 12.9. The second kappa shape index (κ2) is 9.46. The van der Waals surface area contributed by atoms with E-state index in [2.05, 4.69) is 20.5 Å². The van der Waals surface area contributed by atoms with Gasteiger partial charge in [-0.05, 0) is 44.9 Å². The zero-order valence-corrected chi connectivity index (χ0v) is 18.9. The second-order valence-corrected chi connectivity index (χ2v) is 10.6. The first kappa shape index (κ1) is 22.7. The number of amides is 1. The zero-order valence-electron chi connectivity index (χ0n) is 16.5. The van der Waals surface area contributed by atoms with Crippen molar-refractivity contribution in [2.24, 2.45) is 0 Å². The molecule has 2 N–H and O–H groups in total. The number of sulfonamides is 1. The van der Waals surface area contributed by atoms with Crippen LogP contribution in [-0.4, -0.2) is 52.2 Å². The van der Waals surface area contributed by atoms with Gasteiger partial charge in [0.15, 0.2) is 5.16 Å². The molecule has 1 atom stereocenters. The lowest BCUT2D eigenvalue weighted by atomic mass is 10.2. The summed E-state index contributed by atoms with van der Waals surface area (Å²) in [5, 5.41) is 10.0. The Morgan fingerprint density at radius 1 is 1.27 bits per heavy atom. The van der Waals surface area contributed by atoms with Gasteiger partial charge < -0.3 is 5.32 Å². The summed E-state index contributed by atoms with van der Waals surface area (Å²) in [6.45, 7) is 4.12. The van der Waals surface area contributed by atoms with Crippen molar-refractivity contribution in [3.63, 3.8) is 0 Å². The lowest BCUT2D eigenvalue weighted by molar-refractivity contribution is -0.115. The molecule has 1 aromatic carbocycles. The predicted molar refractivity (Wildman–Crippen MR) is 115 cm³/mol. The molecule has 1 amide bonds. The second-order valence-electron chi connectivity index (χ2n) is 6.90. The highest BCUT2D eigenvalue weighted by Gasteiger charge is 2.27. The fraction of sp³-hybridized carbons (Fsp3) is 0.444. The number of anilines is 1. The van der Waals surface area contributed by atoms with Crippen molar-refractivity contribution in [3.8, 4) is 0 Å². The predicted octanol–water partition coefficient (Wildman–Crippen LogP) is 2.42. The van der Waals surface area contributed by atoms with Gasteiger partial charge in [-0.3, -0.25) is 14.6 Å². The molecule has 0 bridgehead atoms. The van der Waals surface area contributed by atoms with E-state index in [0.717, 1.165) is 31.0 Å². The summed E-state index contributed by atoms with van der Waals surface area (Å²) in [4.78, 5) is 26.9. The Kier molecular flexibility index (Phi) is 7.17. The third-order valence-corrected chi connectivity index (χ3v) is 7.84. The van der Waals surface area contributed by atoms with Crippen LogP contribution in [0.1, 0.15) is 31.9 Å². The normalized spacial score (nSPS) is 16.2. The van der Waals surface area contributed by atoms with Gasteiger partial charge in [-0.15, -0.1) is 10.2 Å². The molecule has 9 nitrogen and oxygen atoms in total. The minimum atomic E-state index is -3.65. The summed E-state index contributed by atoms with van der Waals surface area (Å²) in [6, 6.07) is 4.26. The molecule has 162 valence electrons. The maximum Gasteiger partial charge on any atom is 0.273 e. The van der Waals surface area contributed by atoms with Crippen LogP contribution in [0.3, 0.4) is 0 Å². The number of piperidine rings is 1. The van der Waals surface area contributed by atoms with Crippen molar-refractivity contribution in [1.29, 1.82) is 0 Å². The number of nitrogens with zero attached hydrogens (tertiary/aromatic N) is 3. The van der Waals surface area contributed by atoms with E-state index in [9.17, 15) is 18.0 Å². The standard InChI is InChI=1S/C18H22ClN5O4S2/c1-11-16(25)21-18(23-22-11)29-12(2)17(26)20-15-10-13(6-7-14(15)19)30(27,28)24-8-4-3-5-9-24/h6-7,10,12H,3-5,8-9H2,1-2H3,(H,20,26)(H,21,23,25)/t12-/m0/s1. The number of carbonyl (C=O) groups is 1. The average molecular weight is 472 g/mol. The summed E-state index contributed by atoms with van der Waals surface area (Å²) >= 11 is 7.20. The Morgan fingerprint density at radius 2 is 1.97 bits per heavy atom. The van der Waals surface area contributed by atoms with E-state index in [-0.39, 0.29) is 32.0 Å². The largest absolute Gasteiger partial charge is 0.324 e. The topological polar surface area (TPSA) is 125 Å². The number of aromatic nitrogens is 3. The number of hydrogen-bond donors (Lipinski definition) is 2. The van der Waals surface area contributed by atoms with Crippen molar-refractivity contribution in [2.75, 3.05) is 18.4 Å². The Labute approximate surface area is 183 Å². The molecule has 2 aromatic rings. The quantitative estimate of drug-likeness (QED) is 0.619. The van der Waals surface area contributed by atoms with E-state index in [1.807, 2.05) is 0 Å². The molecule has 30 heavy (non-hydrogen) atoms. The number of aromatic amines is 1. The highest BCUT2D eigenvalue weighted by Crippen LogP contribution is 2.29. The number of halogens is 1. The van der Waals surface area contributed by atoms with E-state index in [4.69, 9.17) is 11.6 Å². The Bertz CT molecular complexity index is 1100. The Hall–Kier alpha value is -1.95. The molecule has 0 aliphatic carbocycles. The maximum atomic E-state index is 12.9. The van der Waals surface area contributed by atoms with Crippen molar-refractivity contribution in [2.45, 2.75) is 48.4 Å².